The van der Waals surface area contributed by atoms with Crippen molar-refractivity contribution in [3.8, 4) is 0 Å². The van der Waals surface area contributed by atoms with E-state index in [1.54, 1.807) is 0 Å². The predicted octanol–water partition coefficient (Wildman–Crippen LogP) is 0.0375. The molecule has 1 fully saturated rings. The van der Waals surface area contributed by atoms with Crippen LogP contribution in [-0.4, -0.2) is 23.2 Å². The first-order chi connectivity index (χ1) is 4.66. The Morgan fingerprint density at radius 2 is 2.50 bits per heavy atom. The molecule has 10 heavy (non-hydrogen) atoms. The molecule has 0 aromatic carbocycles. The van der Waals surface area contributed by atoms with Gasteiger partial charge in [-0.25, -0.2) is 0 Å². The van der Waals surface area contributed by atoms with E-state index in [1.165, 1.54) is 0 Å². The van der Waals surface area contributed by atoms with Crippen molar-refractivity contribution in [3.63, 3.8) is 0 Å². The molecule has 0 aliphatic carbocycles. The summed E-state index contributed by atoms with van der Waals surface area (Å²) in [4.78, 5) is 10.8. The fraction of sp³-hybridized carbons (Fsp3) is 0.857. The Labute approximate surface area is 60.4 Å². The second-order valence-electron chi connectivity index (χ2n) is 3.12. The Kier molecular flexibility index (Phi) is 1.94. The molecule has 0 aromatic heterocycles. The van der Waals surface area contributed by atoms with Crippen molar-refractivity contribution in [2.75, 3.05) is 6.61 Å². The summed E-state index contributed by atoms with van der Waals surface area (Å²) in [6, 6.07) is 0. The van der Waals surface area contributed by atoms with Crippen LogP contribution in [0.1, 0.15) is 26.2 Å². The van der Waals surface area contributed by atoms with Crippen LogP contribution in [0.2, 0.25) is 0 Å². The van der Waals surface area contributed by atoms with Gasteiger partial charge < -0.3 is 10.4 Å². The van der Waals surface area contributed by atoms with E-state index in [0.717, 1.165) is 12.8 Å². The molecule has 1 aliphatic heterocycles. The molecule has 58 valence electrons. The van der Waals surface area contributed by atoms with Gasteiger partial charge in [-0.2, -0.15) is 0 Å². The molecule has 2 N–H and O–H groups in total. The molecule has 1 aliphatic rings. The lowest BCUT2D eigenvalue weighted by atomic mass is 9.92. The zero-order chi connectivity index (χ0) is 7.61. The Morgan fingerprint density at radius 3 is 2.90 bits per heavy atom. The lowest BCUT2D eigenvalue weighted by Crippen LogP contribution is -2.51. The molecule has 0 aromatic rings. The summed E-state index contributed by atoms with van der Waals surface area (Å²) in [6.45, 7) is 1.91. The van der Waals surface area contributed by atoms with Gasteiger partial charge in [-0.15, -0.1) is 0 Å². The summed E-state index contributed by atoms with van der Waals surface area (Å²) in [5.41, 5.74) is -0.352. The van der Waals surface area contributed by atoms with Gasteiger partial charge in [0, 0.05) is 6.42 Å². The number of aliphatic hydroxyl groups is 1. The van der Waals surface area contributed by atoms with Gasteiger partial charge in [0.15, 0.2) is 0 Å². The van der Waals surface area contributed by atoms with Crippen molar-refractivity contribution in [3.05, 3.63) is 0 Å². The number of nitrogens with one attached hydrogen (secondary N) is 1. The lowest BCUT2D eigenvalue weighted by molar-refractivity contribution is -0.125. The van der Waals surface area contributed by atoms with Gasteiger partial charge >= 0.3 is 0 Å². The minimum absolute atomic E-state index is 0.0404. The normalized spacial score (nSPS) is 33.6. The molecule has 0 saturated carbocycles. The van der Waals surface area contributed by atoms with Crippen molar-refractivity contribution >= 4 is 5.91 Å². The van der Waals surface area contributed by atoms with Crippen molar-refractivity contribution in [1.29, 1.82) is 0 Å². The first-order valence-electron chi connectivity index (χ1n) is 3.58. The zero-order valence-corrected chi connectivity index (χ0v) is 6.18. The fourth-order valence-electron chi connectivity index (χ4n) is 1.22. The molecule has 1 saturated heterocycles. The first kappa shape index (κ1) is 7.54. The minimum atomic E-state index is -0.352. The van der Waals surface area contributed by atoms with Gasteiger partial charge in [-0.3, -0.25) is 4.79 Å². The van der Waals surface area contributed by atoms with Crippen LogP contribution in [0.4, 0.5) is 0 Å². The highest BCUT2D eigenvalue weighted by Crippen LogP contribution is 2.17. The second-order valence-corrected chi connectivity index (χ2v) is 3.12. The van der Waals surface area contributed by atoms with E-state index in [9.17, 15) is 4.79 Å². The maximum absolute atomic E-state index is 10.8. The minimum Gasteiger partial charge on any atom is -0.394 e. The van der Waals surface area contributed by atoms with Crippen LogP contribution in [0, 0.1) is 0 Å². The molecule has 3 nitrogen and oxygen atoms in total. The topological polar surface area (TPSA) is 49.3 Å². The monoisotopic (exact) mass is 143 g/mol. The van der Waals surface area contributed by atoms with Gasteiger partial charge in [0.1, 0.15) is 0 Å². The van der Waals surface area contributed by atoms with Crippen LogP contribution < -0.4 is 5.32 Å². The molecule has 1 amide bonds. The van der Waals surface area contributed by atoms with Gasteiger partial charge in [0.05, 0.1) is 12.1 Å². The van der Waals surface area contributed by atoms with Crippen molar-refractivity contribution in [2.45, 2.75) is 31.7 Å². The number of carbonyl (C=O) groups excluding carboxylic acids is 1. The average Bonchev–Trinajstić information content (AvgIpc) is 1.88. The van der Waals surface area contributed by atoms with Gasteiger partial charge in [-0.1, -0.05) is 0 Å². The molecule has 0 radical (unpaired) electrons. The summed E-state index contributed by atoms with van der Waals surface area (Å²) in [6.07, 6.45) is 2.38. The maximum atomic E-state index is 10.8. The third kappa shape index (κ3) is 1.48. The highest BCUT2D eigenvalue weighted by Gasteiger charge is 2.28. The number of hydrogen-bond donors (Lipinski definition) is 2. The summed E-state index contributed by atoms with van der Waals surface area (Å²) < 4.78 is 0. The Morgan fingerprint density at radius 1 is 1.80 bits per heavy atom. The third-order valence-corrected chi connectivity index (χ3v) is 1.92. The Hall–Kier alpha value is -0.570. The highest BCUT2D eigenvalue weighted by atomic mass is 16.3. The number of piperidine rings is 1. The number of rotatable bonds is 1. The van der Waals surface area contributed by atoms with Gasteiger partial charge in [0.25, 0.3) is 0 Å². The van der Waals surface area contributed by atoms with Crippen molar-refractivity contribution < 1.29 is 9.90 Å². The predicted molar refractivity (Wildman–Crippen MR) is 37.5 cm³/mol. The molecule has 0 spiro atoms. The summed E-state index contributed by atoms with van der Waals surface area (Å²) in [5, 5.41) is 11.6. The quantitative estimate of drug-likeness (QED) is 0.544. The number of aliphatic hydroxyl groups excluding tert-OH is 1. The van der Waals surface area contributed by atoms with E-state index in [2.05, 4.69) is 5.32 Å². The van der Waals surface area contributed by atoms with Crippen molar-refractivity contribution in [2.24, 2.45) is 0 Å². The van der Waals surface area contributed by atoms with E-state index >= 15 is 0 Å². The molecular formula is C7H13NO2. The summed E-state index contributed by atoms with van der Waals surface area (Å²) >= 11 is 0. The SMILES string of the molecule is CC1(CO)CCCC(=O)N1. The van der Waals surface area contributed by atoms with Crippen LogP contribution >= 0.6 is 0 Å². The second kappa shape index (κ2) is 2.58. The van der Waals surface area contributed by atoms with Crippen LogP contribution in [0.15, 0.2) is 0 Å². The molecule has 0 bridgehead atoms. The number of amides is 1. The smallest absolute Gasteiger partial charge is 0.220 e. The van der Waals surface area contributed by atoms with E-state index in [1.807, 2.05) is 6.92 Å². The fourth-order valence-corrected chi connectivity index (χ4v) is 1.22. The highest BCUT2D eigenvalue weighted by molar-refractivity contribution is 5.77. The zero-order valence-electron chi connectivity index (χ0n) is 6.18. The first-order valence-corrected chi connectivity index (χ1v) is 3.58. The summed E-state index contributed by atoms with van der Waals surface area (Å²) in [7, 11) is 0. The van der Waals surface area contributed by atoms with E-state index in [-0.39, 0.29) is 18.1 Å². The van der Waals surface area contributed by atoms with Crippen LogP contribution in [0.25, 0.3) is 0 Å². The molecule has 1 heterocycles. The molecular weight excluding hydrogens is 130 g/mol. The van der Waals surface area contributed by atoms with Crippen LogP contribution in [0.5, 0.6) is 0 Å². The largest absolute Gasteiger partial charge is 0.394 e. The molecule has 1 unspecified atom stereocenters. The van der Waals surface area contributed by atoms with E-state index in [4.69, 9.17) is 5.11 Å². The maximum Gasteiger partial charge on any atom is 0.220 e. The van der Waals surface area contributed by atoms with Crippen molar-refractivity contribution in [1.82, 2.24) is 5.32 Å². The van der Waals surface area contributed by atoms with Crippen LogP contribution in [0.3, 0.4) is 0 Å². The van der Waals surface area contributed by atoms with E-state index in [0.29, 0.717) is 6.42 Å². The Balaban J connectivity index is 2.53. The lowest BCUT2D eigenvalue weighted by Gasteiger charge is -2.32. The molecule has 1 atom stereocenters. The van der Waals surface area contributed by atoms with Gasteiger partial charge in [0.2, 0.25) is 5.91 Å². The third-order valence-electron chi connectivity index (χ3n) is 1.92. The standard InChI is InChI=1S/C7H13NO2/c1-7(5-9)4-2-3-6(10)8-7/h9H,2-5H2,1H3,(H,8,10). The Bertz CT molecular complexity index is 147. The molecule has 3 heteroatoms. The number of hydrogen-bond acceptors (Lipinski definition) is 2. The van der Waals surface area contributed by atoms with E-state index < -0.39 is 0 Å². The summed E-state index contributed by atoms with van der Waals surface area (Å²) in [5.74, 6) is 0.0581. The average molecular weight is 143 g/mol. The van der Waals surface area contributed by atoms with Gasteiger partial charge in [-0.05, 0) is 19.8 Å². The molecule has 1 rings (SSSR count). The number of carbonyl (C=O) groups is 1. The van der Waals surface area contributed by atoms with Crippen LogP contribution in [-0.2, 0) is 4.79 Å².